The van der Waals surface area contributed by atoms with Crippen LogP contribution in [-0.2, 0) is 13.6 Å². The Morgan fingerprint density at radius 2 is 2.03 bits per heavy atom. The van der Waals surface area contributed by atoms with E-state index in [1.807, 2.05) is 49.0 Å². The van der Waals surface area contributed by atoms with Gasteiger partial charge in [-0.25, -0.2) is 0 Å². The van der Waals surface area contributed by atoms with Crippen LogP contribution in [0.3, 0.4) is 0 Å². The minimum absolute atomic E-state index is 0.0216. The first-order valence-electron chi connectivity index (χ1n) is 10.1. The van der Waals surface area contributed by atoms with E-state index in [1.165, 1.54) is 0 Å². The number of likely N-dealkylation sites (tertiary alicyclic amines) is 1. The van der Waals surface area contributed by atoms with Crippen LogP contribution in [0.5, 0.6) is 5.75 Å². The molecular weight excluding hydrogens is 370 g/mol. The fourth-order valence-corrected chi connectivity index (χ4v) is 3.96. The number of likely N-dealkylation sites (N-methyl/N-ethyl adjacent to an activating group) is 1. The molecule has 3 rings (SSSR count). The monoisotopic (exact) mass is 401 g/mol. The number of carbonyl (C=O) groups is 1. The molecule has 0 bridgehead atoms. The summed E-state index contributed by atoms with van der Waals surface area (Å²) in [6.07, 6.45) is 1.72. The molecule has 1 N–H and O–H groups in total. The van der Waals surface area contributed by atoms with E-state index in [4.69, 9.17) is 9.84 Å². The summed E-state index contributed by atoms with van der Waals surface area (Å²) in [6.45, 7) is 4.70. The highest BCUT2D eigenvalue weighted by atomic mass is 16.5. The molecule has 2 aromatic rings. The molecule has 0 radical (unpaired) electrons. The number of aliphatic hydroxyl groups excluding tert-OH is 1. The fourth-order valence-electron chi connectivity index (χ4n) is 3.96. The molecule has 0 atom stereocenters. The van der Waals surface area contributed by atoms with E-state index >= 15 is 0 Å². The standard InChI is InChI=1S/C21H31N5O3/c1-15-6-5-7-17(19(15)29-4)21(28)26-10-8-16(9-11-26)20-23-22-18(25(20)3)14-24(2)12-13-27/h5-7,16,27H,8-14H2,1-4H3. The van der Waals surface area contributed by atoms with E-state index in [0.29, 0.717) is 37.5 Å². The lowest BCUT2D eigenvalue weighted by Crippen LogP contribution is -2.38. The third-order valence-electron chi connectivity index (χ3n) is 5.69. The largest absolute Gasteiger partial charge is 0.496 e. The van der Waals surface area contributed by atoms with E-state index in [9.17, 15) is 4.79 Å². The highest BCUT2D eigenvalue weighted by Gasteiger charge is 2.29. The van der Waals surface area contributed by atoms with Crippen molar-refractivity contribution in [2.75, 3.05) is 40.4 Å². The van der Waals surface area contributed by atoms with Crippen molar-refractivity contribution < 1.29 is 14.6 Å². The Balaban J connectivity index is 1.65. The first-order chi connectivity index (χ1) is 14.0. The van der Waals surface area contributed by atoms with Crippen molar-refractivity contribution in [1.82, 2.24) is 24.6 Å². The molecule has 1 fully saturated rings. The number of aliphatic hydroxyl groups is 1. The molecular formula is C21H31N5O3. The number of ether oxygens (including phenoxy) is 1. The van der Waals surface area contributed by atoms with E-state index < -0.39 is 0 Å². The van der Waals surface area contributed by atoms with Gasteiger partial charge in [-0.1, -0.05) is 12.1 Å². The van der Waals surface area contributed by atoms with Crippen molar-refractivity contribution in [2.24, 2.45) is 7.05 Å². The van der Waals surface area contributed by atoms with Gasteiger partial charge in [0.15, 0.2) is 0 Å². The van der Waals surface area contributed by atoms with Gasteiger partial charge in [0, 0.05) is 32.6 Å². The van der Waals surface area contributed by atoms with E-state index in [2.05, 4.69) is 14.8 Å². The SMILES string of the molecule is COc1c(C)cccc1C(=O)N1CCC(c2nnc(CN(C)CCO)n2C)CC1. The molecule has 1 aromatic heterocycles. The van der Waals surface area contributed by atoms with Gasteiger partial charge in [0.05, 0.1) is 25.8 Å². The number of aromatic nitrogens is 3. The predicted octanol–water partition coefficient (Wildman–Crippen LogP) is 1.58. The maximum Gasteiger partial charge on any atom is 0.257 e. The van der Waals surface area contributed by atoms with Crippen LogP contribution >= 0.6 is 0 Å². The number of carbonyl (C=O) groups excluding carboxylic acids is 1. The Labute approximate surface area is 172 Å². The summed E-state index contributed by atoms with van der Waals surface area (Å²) in [5, 5.41) is 17.8. The van der Waals surface area contributed by atoms with Gasteiger partial charge >= 0.3 is 0 Å². The quantitative estimate of drug-likeness (QED) is 0.758. The summed E-state index contributed by atoms with van der Waals surface area (Å²) >= 11 is 0. The van der Waals surface area contributed by atoms with Crippen LogP contribution in [0.2, 0.25) is 0 Å². The predicted molar refractivity (Wildman–Crippen MR) is 110 cm³/mol. The highest BCUT2D eigenvalue weighted by molar-refractivity contribution is 5.97. The Kier molecular flexibility index (Phi) is 6.87. The van der Waals surface area contributed by atoms with Gasteiger partial charge in [0.2, 0.25) is 0 Å². The first kappa shape index (κ1) is 21.3. The number of hydrogen-bond donors (Lipinski definition) is 1. The van der Waals surface area contributed by atoms with Gasteiger partial charge in [-0.15, -0.1) is 10.2 Å². The Morgan fingerprint density at radius 3 is 2.69 bits per heavy atom. The van der Waals surface area contributed by atoms with Crippen molar-refractivity contribution in [2.45, 2.75) is 32.2 Å². The average Bonchev–Trinajstić information content (AvgIpc) is 3.07. The molecule has 158 valence electrons. The van der Waals surface area contributed by atoms with Crippen molar-refractivity contribution in [1.29, 1.82) is 0 Å². The maximum absolute atomic E-state index is 13.0. The van der Waals surface area contributed by atoms with Crippen LogP contribution in [-0.4, -0.2) is 76.0 Å². The van der Waals surface area contributed by atoms with Crippen molar-refractivity contribution in [3.8, 4) is 5.75 Å². The molecule has 0 aliphatic carbocycles. The summed E-state index contributed by atoms with van der Waals surface area (Å²) in [4.78, 5) is 16.9. The zero-order chi connectivity index (χ0) is 21.0. The number of para-hydroxylation sites is 1. The van der Waals surface area contributed by atoms with Crippen molar-refractivity contribution >= 4 is 5.91 Å². The molecule has 1 aromatic carbocycles. The van der Waals surface area contributed by atoms with E-state index in [1.54, 1.807) is 7.11 Å². The second-order valence-electron chi connectivity index (χ2n) is 7.72. The zero-order valence-corrected chi connectivity index (χ0v) is 17.8. The Bertz CT molecular complexity index is 843. The molecule has 1 amide bonds. The third-order valence-corrected chi connectivity index (χ3v) is 5.69. The second kappa shape index (κ2) is 9.37. The third kappa shape index (κ3) is 4.59. The number of methoxy groups -OCH3 is 1. The fraction of sp³-hybridized carbons (Fsp3) is 0.571. The molecule has 0 saturated carbocycles. The zero-order valence-electron chi connectivity index (χ0n) is 17.8. The number of aryl methyl sites for hydroxylation is 1. The lowest BCUT2D eigenvalue weighted by atomic mass is 9.95. The summed E-state index contributed by atoms with van der Waals surface area (Å²) < 4.78 is 7.51. The van der Waals surface area contributed by atoms with Gasteiger partial charge in [-0.05, 0) is 38.4 Å². The van der Waals surface area contributed by atoms with Crippen LogP contribution in [0.25, 0.3) is 0 Å². The maximum atomic E-state index is 13.0. The summed E-state index contributed by atoms with van der Waals surface area (Å²) in [7, 11) is 5.55. The van der Waals surface area contributed by atoms with Crippen molar-refractivity contribution in [3.63, 3.8) is 0 Å². The Hall–Kier alpha value is -2.45. The van der Waals surface area contributed by atoms with Gasteiger partial charge < -0.3 is 19.3 Å². The van der Waals surface area contributed by atoms with Crippen LogP contribution in [0.4, 0.5) is 0 Å². The molecule has 8 heteroatoms. The molecule has 2 heterocycles. The summed E-state index contributed by atoms with van der Waals surface area (Å²) in [5.74, 6) is 2.82. The Morgan fingerprint density at radius 1 is 1.31 bits per heavy atom. The second-order valence-corrected chi connectivity index (χ2v) is 7.72. The van der Waals surface area contributed by atoms with Gasteiger partial charge in [-0.2, -0.15) is 0 Å². The molecule has 8 nitrogen and oxygen atoms in total. The van der Waals surface area contributed by atoms with Crippen LogP contribution in [0.1, 0.15) is 46.3 Å². The van der Waals surface area contributed by atoms with Gasteiger partial charge in [0.25, 0.3) is 5.91 Å². The van der Waals surface area contributed by atoms with E-state index in [0.717, 1.165) is 30.1 Å². The number of amides is 1. The molecule has 29 heavy (non-hydrogen) atoms. The number of rotatable bonds is 7. The molecule has 0 unspecified atom stereocenters. The normalized spacial score (nSPS) is 15.2. The average molecular weight is 402 g/mol. The molecule has 1 aliphatic rings. The van der Waals surface area contributed by atoms with Gasteiger partial charge in [-0.3, -0.25) is 9.69 Å². The lowest BCUT2D eigenvalue weighted by Gasteiger charge is -2.32. The van der Waals surface area contributed by atoms with Gasteiger partial charge in [0.1, 0.15) is 17.4 Å². The number of hydrogen-bond acceptors (Lipinski definition) is 6. The number of nitrogens with zero attached hydrogens (tertiary/aromatic N) is 5. The topological polar surface area (TPSA) is 83.7 Å². The van der Waals surface area contributed by atoms with Crippen molar-refractivity contribution in [3.05, 3.63) is 41.0 Å². The van der Waals surface area contributed by atoms with Crippen LogP contribution in [0.15, 0.2) is 18.2 Å². The minimum atomic E-state index is 0.0216. The summed E-state index contributed by atoms with van der Waals surface area (Å²) in [6, 6.07) is 5.68. The lowest BCUT2D eigenvalue weighted by molar-refractivity contribution is 0.0707. The summed E-state index contributed by atoms with van der Waals surface area (Å²) in [5.41, 5.74) is 1.59. The number of benzene rings is 1. The van der Waals surface area contributed by atoms with Crippen LogP contribution in [0, 0.1) is 6.92 Å². The van der Waals surface area contributed by atoms with Crippen LogP contribution < -0.4 is 4.74 Å². The highest BCUT2D eigenvalue weighted by Crippen LogP contribution is 2.30. The van der Waals surface area contributed by atoms with E-state index in [-0.39, 0.29) is 18.4 Å². The molecule has 1 saturated heterocycles. The molecule has 1 aliphatic heterocycles. The molecule has 0 spiro atoms. The minimum Gasteiger partial charge on any atom is -0.496 e. The number of piperidine rings is 1. The first-order valence-corrected chi connectivity index (χ1v) is 10.1. The smallest absolute Gasteiger partial charge is 0.257 e.